The van der Waals surface area contributed by atoms with Crippen LogP contribution in [0.25, 0.3) is 60.5 Å². The molecule has 0 saturated carbocycles. The second-order valence-electron chi connectivity index (χ2n) is 14.7. The predicted molar refractivity (Wildman–Crippen MR) is 251 cm³/mol. The van der Waals surface area contributed by atoms with Crippen molar-refractivity contribution in [3.8, 4) is 0 Å². The first-order valence-electron chi connectivity index (χ1n) is 19.1. The maximum atomic E-state index is 2.31. The van der Waals surface area contributed by atoms with E-state index >= 15 is 0 Å². The van der Waals surface area contributed by atoms with Gasteiger partial charge in [0.1, 0.15) is 0 Å². The van der Waals surface area contributed by atoms with Gasteiger partial charge in [0.05, 0.1) is 37.1 Å². The molecule has 0 saturated heterocycles. The first-order chi connectivity index (χ1) is 28.0. The van der Waals surface area contributed by atoms with Crippen molar-refractivity contribution in [1.29, 1.82) is 0 Å². The molecule has 0 amide bonds. The first kappa shape index (κ1) is 38.2. The third kappa shape index (κ3) is 7.10. The third-order valence-corrected chi connectivity index (χ3v) is 14.1. The van der Waals surface area contributed by atoms with Crippen molar-refractivity contribution in [2.24, 2.45) is 0 Å². The van der Waals surface area contributed by atoms with Crippen LogP contribution in [0.3, 0.4) is 0 Å². The molecule has 3 aliphatic rings. The molecule has 0 bridgehead atoms. The molecule has 6 heterocycles. The van der Waals surface area contributed by atoms with Crippen LogP contribution in [0.15, 0.2) is 165 Å². The van der Waals surface area contributed by atoms with Crippen molar-refractivity contribution in [2.75, 3.05) is 55.8 Å². The molecule has 0 unspecified atom stereocenters. The van der Waals surface area contributed by atoms with Gasteiger partial charge >= 0.3 is 20.1 Å². The van der Waals surface area contributed by atoms with Crippen LogP contribution in [0.1, 0.15) is 0 Å². The van der Waals surface area contributed by atoms with Gasteiger partial charge in [-0.05, 0) is 54.6 Å². The van der Waals surface area contributed by atoms with E-state index in [0.717, 1.165) is 20.0 Å². The number of thiophene rings is 3. The molecule has 0 spiro atoms. The molecular formula is C48H42IrN6S3+3. The quantitative estimate of drug-likeness (QED) is 0.174. The van der Waals surface area contributed by atoms with Crippen molar-refractivity contribution >= 4 is 112 Å². The van der Waals surface area contributed by atoms with Gasteiger partial charge in [0.2, 0.25) is 0 Å². The summed E-state index contributed by atoms with van der Waals surface area (Å²) in [5.74, 6) is 0. The molecule has 3 aliphatic heterocycles. The van der Waals surface area contributed by atoms with E-state index in [1.165, 1.54) is 77.6 Å². The summed E-state index contributed by atoms with van der Waals surface area (Å²) in [6.07, 6.45) is 12.8. The molecule has 3 aromatic heterocycles. The molecule has 9 aromatic rings. The van der Waals surface area contributed by atoms with Crippen molar-refractivity contribution in [3.05, 3.63) is 165 Å². The summed E-state index contributed by atoms with van der Waals surface area (Å²) in [5.41, 5.74) is 3.90. The van der Waals surface area contributed by atoms with Gasteiger partial charge in [-0.15, -0.1) is 34.0 Å². The standard InChI is InChI=1S/3C16H14N2S.Ir/c3*1-17-9-10-18(11-17)13-6-4-8-15-16(13)12-5-2-3-7-14(12)19-15;/h3*2-10H,11H2,1H3;/q;;;+3. The summed E-state index contributed by atoms with van der Waals surface area (Å²) in [5, 5.41) is 8.22. The van der Waals surface area contributed by atoms with E-state index in [9.17, 15) is 0 Å². The molecule has 0 radical (unpaired) electrons. The van der Waals surface area contributed by atoms with Gasteiger partial charge in [0.15, 0.2) is 0 Å². The van der Waals surface area contributed by atoms with Crippen LogP contribution in [0, 0.1) is 0 Å². The average Bonchev–Trinajstić information content (AvgIpc) is 4.10. The zero-order valence-electron chi connectivity index (χ0n) is 32.5. The number of benzene rings is 6. The number of rotatable bonds is 3. The Morgan fingerprint density at radius 3 is 0.879 bits per heavy atom. The van der Waals surface area contributed by atoms with Crippen LogP contribution in [0.2, 0.25) is 0 Å². The molecule has 0 aliphatic carbocycles. The van der Waals surface area contributed by atoms with Crippen LogP contribution < -0.4 is 14.7 Å². The van der Waals surface area contributed by atoms with E-state index < -0.39 is 0 Å². The van der Waals surface area contributed by atoms with E-state index in [0.29, 0.717) is 0 Å². The fourth-order valence-corrected chi connectivity index (χ4v) is 11.4. The maximum Gasteiger partial charge on any atom is 3.00 e. The minimum absolute atomic E-state index is 0. The number of nitrogens with zero attached hydrogens (tertiary/aromatic N) is 6. The molecule has 288 valence electrons. The Bertz CT molecular complexity index is 2690. The molecule has 0 fully saturated rings. The van der Waals surface area contributed by atoms with E-state index in [-0.39, 0.29) is 20.1 Å². The third-order valence-electron chi connectivity index (χ3n) is 10.7. The Morgan fingerprint density at radius 2 is 0.603 bits per heavy atom. The second-order valence-corrected chi connectivity index (χ2v) is 18.0. The predicted octanol–water partition coefficient (Wildman–Crippen LogP) is 12.7. The Balaban J connectivity index is 0.000000112. The van der Waals surface area contributed by atoms with Gasteiger partial charge in [-0.3, -0.25) is 0 Å². The SMILES string of the molecule is CN1C=CN(c2cccc3sc4ccccc4c23)C1.CN1C=CN(c2cccc3sc4ccccc4c23)C1.CN1C=CN(c2cccc3sc4ccccc4c23)C1.[Ir+3]. The average molecular weight is 991 g/mol. The number of anilines is 3. The monoisotopic (exact) mass is 991 g/mol. The van der Waals surface area contributed by atoms with Crippen molar-refractivity contribution in [2.45, 2.75) is 0 Å². The minimum Gasteiger partial charge on any atom is -0.361 e. The zero-order chi connectivity index (χ0) is 38.5. The fourth-order valence-electron chi connectivity index (χ4n) is 8.04. The Hall–Kier alpha value is -5.35. The Morgan fingerprint density at radius 1 is 0.328 bits per heavy atom. The molecule has 0 N–H and O–H groups in total. The summed E-state index contributed by atoms with van der Waals surface area (Å²) in [6, 6.07) is 45.7. The largest absolute Gasteiger partial charge is 3.00 e. The summed E-state index contributed by atoms with van der Waals surface area (Å²) in [4.78, 5) is 13.5. The van der Waals surface area contributed by atoms with Crippen molar-refractivity contribution < 1.29 is 20.1 Å². The van der Waals surface area contributed by atoms with E-state index in [1.807, 2.05) is 34.0 Å². The Kier molecular flexibility index (Phi) is 10.6. The molecule has 12 rings (SSSR count). The summed E-state index contributed by atoms with van der Waals surface area (Å²) >= 11 is 5.61. The molecule has 58 heavy (non-hydrogen) atoms. The minimum atomic E-state index is 0. The summed E-state index contributed by atoms with van der Waals surface area (Å²) < 4.78 is 8.18. The van der Waals surface area contributed by atoms with Crippen LogP contribution >= 0.6 is 34.0 Å². The molecule has 6 nitrogen and oxygen atoms in total. The zero-order valence-corrected chi connectivity index (χ0v) is 37.3. The van der Waals surface area contributed by atoms with Crippen LogP contribution in [-0.2, 0) is 20.1 Å². The van der Waals surface area contributed by atoms with E-state index in [4.69, 9.17) is 0 Å². The van der Waals surface area contributed by atoms with Crippen LogP contribution in [0.4, 0.5) is 17.1 Å². The molecule has 10 heteroatoms. The molecular weight excluding hydrogens is 949 g/mol. The van der Waals surface area contributed by atoms with Gasteiger partial charge in [-0.1, -0.05) is 72.8 Å². The van der Waals surface area contributed by atoms with Crippen molar-refractivity contribution in [3.63, 3.8) is 0 Å². The maximum absolute atomic E-state index is 2.31. The molecule has 0 atom stereocenters. The first-order valence-corrected chi connectivity index (χ1v) is 21.6. The van der Waals surface area contributed by atoms with Gasteiger partial charge in [0.25, 0.3) is 0 Å². The molecule has 6 aromatic carbocycles. The smallest absolute Gasteiger partial charge is 0.361 e. The van der Waals surface area contributed by atoms with Crippen molar-refractivity contribution in [1.82, 2.24) is 14.7 Å². The summed E-state index contributed by atoms with van der Waals surface area (Å²) in [6.45, 7) is 2.76. The van der Waals surface area contributed by atoms with E-state index in [1.54, 1.807) is 0 Å². The Labute approximate surface area is 364 Å². The van der Waals surface area contributed by atoms with Gasteiger partial charge in [-0.2, -0.15) is 0 Å². The van der Waals surface area contributed by atoms with Gasteiger partial charge in [0, 0.05) is 119 Å². The fraction of sp³-hybridized carbons (Fsp3) is 0.125. The number of hydrogen-bond donors (Lipinski definition) is 0. The second kappa shape index (κ2) is 16.1. The van der Waals surface area contributed by atoms with E-state index in [2.05, 4.69) is 215 Å². The van der Waals surface area contributed by atoms with Gasteiger partial charge < -0.3 is 29.4 Å². The van der Waals surface area contributed by atoms with Crippen LogP contribution in [-0.4, -0.2) is 55.8 Å². The van der Waals surface area contributed by atoms with Crippen LogP contribution in [0.5, 0.6) is 0 Å². The topological polar surface area (TPSA) is 19.4 Å². The normalized spacial score (nSPS) is 14.7. The van der Waals surface area contributed by atoms with Gasteiger partial charge in [-0.25, -0.2) is 0 Å². The number of fused-ring (bicyclic) bond motifs is 9. The number of hydrogen-bond acceptors (Lipinski definition) is 9. The summed E-state index contributed by atoms with van der Waals surface area (Å²) in [7, 11) is 6.30.